The summed E-state index contributed by atoms with van der Waals surface area (Å²) in [6.07, 6.45) is 15.9. The minimum Gasteiger partial charge on any atom is -1.00 e. The monoisotopic (exact) mass is 872 g/mol. The van der Waals surface area contributed by atoms with Crippen LogP contribution in [0.1, 0.15) is 143 Å². The van der Waals surface area contributed by atoms with Crippen LogP contribution in [-0.4, -0.2) is 3.71 Å². The molecule has 11 rings (SSSR count). The molecule has 0 spiro atoms. The number of benzene rings is 4. The van der Waals surface area contributed by atoms with E-state index in [-0.39, 0.29) is 33.4 Å². The van der Waals surface area contributed by atoms with Gasteiger partial charge < -0.3 is 24.8 Å². The zero-order chi connectivity index (χ0) is 38.3. The van der Waals surface area contributed by atoms with Gasteiger partial charge in [0.1, 0.15) is 0 Å². The molecule has 4 aromatic carbocycles. The first-order chi connectivity index (χ1) is 26.3. The van der Waals surface area contributed by atoms with E-state index in [1.54, 1.807) is 33.4 Å². The molecule has 0 N–H and O–H groups in total. The van der Waals surface area contributed by atoms with Gasteiger partial charge in [0, 0.05) is 0 Å². The quantitative estimate of drug-likeness (QED) is 0.190. The number of aryl methyl sites for hydroxylation is 1. The summed E-state index contributed by atoms with van der Waals surface area (Å²) in [5, 5.41) is 3.02. The first kappa shape index (κ1) is 41.7. The molecule has 0 saturated heterocycles. The molecule has 0 nitrogen and oxygen atoms in total. The van der Waals surface area contributed by atoms with Crippen molar-refractivity contribution >= 4 is 14.5 Å². The zero-order valence-electron chi connectivity index (χ0n) is 36.3. The summed E-state index contributed by atoms with van der Waals surface area (Å²) in [6, 6.07) is 23.6. The van der Waals surface area contributed by atoms with Crippen LogP contribution in [-0.2, 0) is 30.8 Å². The number of allylic oxidation sites excluding steroid dienone is 4. The Labute approximate surface area is 364 Å². The van der Waals surface area contributed by atoms with Gasteiger partial charge in [0.05, 0.1) is 0 Å². The van der Waals surface area contributed by atoms with Gasteiger partial charge in [-0.2, -0.15) is 0 Å². The van der Waals surface area contributed by atoms with Gasteiger partial charge in [-0.3, -0.25) is 0 Å². The minimum atomic E-state index is -2.75. The Morgan fingerprint density at radius 1 is 0.702 bits per heavy atom. The van der Waals surface area contributed by atoms with Crippen molar-refractivity contribution in [2.45, 2.75) is 129 Å². The van der Waals surface area contributed by atoms with Gasteiger partial charge in [-0.05, 0) is 0 Å². The smallest absolute Gasteiger partial charge is 1.00 e. The molecule has 6 unspecified atom stereocenters. The molecule has 0 radical (unpaired) electrons. The van der Waals surface area contributed by atoms with Crippen molar-refractivity contribution in [3.8, 4) is 11.1 Å². The van der Waals surface area contributed by atoms with Gasteiger partial charge in [0.15, 0.2) is 0 Å². The van der Waals surface area contributed by atoms with Crippen LogP contribution in [0.15, 0.2) is 81.7 Å². The molecule has 0 aromatic heterocycles. The number of fused-ring (bicyclic) bond motifs is 8. The van der Waals surface area contributed by atoms with Gasteiger partial charge in [0.25, 0.3) is 0 Å². The second-order valence-electron chi connectivity index (χ2n) is 20.6. The van der Waals surface area contributed by atoms with E-state index >= 15 is 0 Å². The third-order valence-electron chi connectivity index (χ3n) is 17.9. The van der Waals surface area contributed by atoms with Crippen molar-refractivity contribution in [1.29, 1.82) is 0 Å². The molecule has 57 heavy (non-hydrogen) atoms. The SMILES string of the molecule is CC1=CC(C)(C23CC4CC(CC(C4)C2)C3)C=[C]1[Zr+2](=[CH]Cc1ccccc1)[C]1(C)c2c3c(c4ccccc4c2C(C)C(C)C1C)-c1cc(C)c(C)c(C)c1C3C.[Cl-].[Cl-]. The van der Waals surface area contributed by atoms with Crippen LogP contribution >= 0.6 is 0 Å². The van der Waals surface area contributed by atoms with Gasteiger partial charge in [0.2, 0.25) is 0 Å². The van der Waals surface area contributed by atoms with E-state index < -0.39 is 21.3 Å². The molecule has 6 atom stereocenters. The fourth-order valence-corrected chi connectivity index (χ4v) is 24.4. The Morgan fingerprint density at radius 2 is 1.30 bits per heavy atom. The molecule has 4 aromatic rings. The Bertz CT molecular complexity index is 2340. The molecule has 4 saturated carbocycles. The maximum atomic E-state index is 3.00. The van der Waals surface area contributed by atoms with E-state index in [0.717, 1.165) is 24.2 Å². The maximum absolute atomic E-state index is 3.00. The zero-order valence-corrected chi connectivity index (χ0v) is 40.2. The fraction of sp³-hybridized carbons (Fsp3) is 0.500. The Hall–Kier alpha value is -2.05. The van der Waals surface area contributed by atoms with Crippen LogP contribution in [0.4, 0.5) is 0 Å². The molecule has 4 fully saturated rings. The first-order valence-electron chi connectivity index (χ1n) is 22.1. The summed E-state index contributed by atoms with van der Waals surface area (Å²) in [6.45, 7) is 25.7. The van der Waals surface area contributed by atoms with E-state index in [9.17, 15) is 0 Å². The van der Waals surface area contributed by atoms with Gasteiger partial charge >= 0.3 is 343 Å². The maximum Gasteiger partial charge on any atom is -1.00 e. The molecule has 7 aliphatic rings. The third kappa shape index (κ3) is 5.84. The van der Waals surface area contributed by atoms with Crippen LogP contribution in [0.5, 0.6) is 0 Å². The van der Waals surface area contributed by atoms with Crippen LogP contribution < -0.4 is 24.8 Å². The molecule has 7 aliphatic carbocycles. The number of hydrogen-bond donors (Lipinski definition) is 0. The summed E-state index contributed by atoms with van der Waals surface area (Å²) in [5.74, 6) is 5.00. The minimum absolute atomic E-state index is 0. The van der Waals surface area contributed by atoms with Crippen LogP contribution in [0.2, 0.25) is 0 Å². The summed E-state index contributed by atoms with van der Waals surface area (Å²) >= 11 is -2.75. The number of halogens is 2. The average molecular weight is 875 g/mol. The molecular weight excluding hydrogens is 811 g/mol. The Morgan fingerprint density at radius 3 is 1.93 bits per heavy atom. The van der Waals surface area contributed by atoms with Crippen molar-refractivity contribution in [2.75, 3.05) is 0 Å². The summed E-state index contributed by atoms with van der Waals surface area (Å²) in [5.41, 5.74) is 18.0. The molecule has 298 valence electrons. The normalized spacial score (nSPS) is 34.2. The Balaban J connectivity index is 0.00000228. The van der Waals surface area contributed by atoms with E-state index in [1.807, 2.05) is 3.28 Å². The number of rotatable bonds is 5. The van der Waals surface area contributed by atoms with Crippen molar-refractivity contribution in [3.63, 3.8) is 0 Å². The van der Waals surface area contributed by atoms with Crippen LogP contribution in [0.3, 0.4) is 0 Å². The second-order valence-corrected chi connectivity index (χ2v) is 27.5. The average Bonchev–Trinajstić information content (AvgIpc) is 3.64. The van der Waals surface area contributed by atoms with Gasteiger partial charge in [-0.15, -0.1) is 0 Å². The van der Waals surface area contributed by atoms with Crippen molar-refractivity contribution in [3.05, 3.63) is 126 Å². The van der Waals surface area contributed by atoms with Crippen LogP contribution in [0, 0.1) is 61.2 Å². The number of hydrogen-bond acceptors (Lipinski definition) is 0. The van der Waals surface area contributed by atoms with E-state index in [4.69, 9.17) is 0 Å². The molecule has 3 heteroatoms. The van der Waals surface area contributed by atoms with Gasteiger partial charge in [-0.25, -0.2) is 0 Å². The Kier molecular flexibility index (Phi) is 10.6. The molecule has 4 bridgehead atoms. The first-order valence-corrected chi connectivity index (χ1v) is 26.0. The largest absolute Gasteiger partial charge is 1.00 e. The summed E-state index contributed by atoms with van der Waals surface area (Å²) in [7, 11) is 0. The van der Waals surface area contributed by atoms with Crippen molar-refractivity contribution in [2.24, 2.45) is 40.4 Å². The topological polar surface area (TPSA) is 0 Å². The summed E-state index contributed by atoms with van der Waals surface area (Å²) < 4.78 is 4.95. The summed E-state index contributed by atoms with van der Waals surface area (Å²) in [4.78, 5) is 0. The van der Waals surface area contributed by atoms with E-state index in [1.165, 1.54) is 77.1 Å². The van der Waals surface area contributed by atoms with Crippen molar-refractivity contribution < 1.29 is 46.1 Å². The fourth-order valence-electron chi connectivity index (χ4n) is 14.9. The van der Waals surface area contributed by atoms with E-state index in [0.29, 0.717) is 29.1 Å². The molecular formula is C54H64Cl2Zr. The molecule has 0 aliphatic heterocycles. The standard InChI is InChI=1S/C29H33.C17H23.C8H8.2ClH.Zr/c1-14-13-24-25(18(5)15(14)2)21(8)28-27-20(7)17(4)16(3)19(6)26(27)22-11-9-10-12-23(22)29(24)28;1-12-3-4-16(2,8-12)17-9-13-5-14(10-17)7-15(6-13)11-17;1-2-8-6-4-3-5-7-8;;;/h9-13,16-17,19,21H,1-8H3;4,8,13-15H,5-7,9-11H2,1-2H3;1,3-7H,2H2;2*1H;/q;;;;;+2/p-2. The van der Waals surface area contributed by atoms with E-state index in [2.05, 4.69) is 146 Å². The molecule has 0 amide bonds. The molecule has 0 heterocycles. The van der Waals surface area contributed by atoms with Crippen LogP contribution in [0.25, 0.3) is 21.9 Å². The third-order valence-corrected chi connectivity index (χ3v) is 26.6. The predicted octanol–water partition coefficient (Wildman–Crippen LogP) is 8.24. The van der Waals surface area contributed by atoms with Crippen molar-refractivity contribution in [1.82, 2.24) is 0 Å². The van der Waals surface area contributed by atoms with Gasteiger partial charge in [-0.1, -0.05) is 0 Å². The predicted molar refractivity (Wildman–Crippen MR) is 232 cm³/mol. The second kappa shape index (κ2) is 14.6.